The lowest BCUT2D eigenvalue weighted by molar-refractivity contribution is 0.481. The molecule has 0 aliphatic carbocycles. The Hall–Kier alpha value is -2.79. The summed E-state index contributed by atoms with van der Waals surface area (Å²) in [5.41, 5.74) is 2.10. The Kier molecular flexibility index (Phi) is 3.09. The monoisotopic (exact) mass is 326 g/mol. The Morgan fingerprint density at radius 1 is 0.957 bits per heavy atom. The molecule has 0 aliphatic rings. The number of aromatic nitrogens is 2. The zero-order valence-corrected chi connectivity index (χ0v) is 12.8. The summed E-state index contributed by atoms with van der Waals surface area (Å²) in [6.45, 7) is 1.84. The Labute approximate surface area is 136 Å². The van der Waals surface area contributed by atoms with Gasteiger partial charge < -0.3 is 13.9 Å². The molecule has 0 radical (unpaired) electrons. The minimum atomic E-state index is 0.160. The summed E-state index contributed by atoms with van der Waals surface area (Å²) in [4.78, 5) is 0. The van der Waals surface area contributed by atoms with Gasteiger partial charge in [-0.15, -0.1) is 10.2 Å². The molecule has 23 heavy (non-hydrogen) atoms. The van der Waals surface area contributed by atoms with Crippen LogP contribution in [0.5, 0.6) is 5.75 Å². The van der Waals surface area contributed by atoms with E-state index in [4.69, 9.17) is 20.4 Å². The summed E-state index contributed by atoms with van der Waals surface area (Å²) in [6, 6.07) is 12.2. The molecular weight excluding hydrogens is 316 g/mol. The van der Waals surface area contributed by atoms with Gasteiger partial charge in [-0.1, -0.05) is 17.7 Å². The van der Waals surface area contributed by atoms with Crippen LogP contribution in [0.2, 0.25) is 5.02 Å². The summed E-state index contributed by atoms with van der Waals surface area (Å²) < 4.78 is 11.5. The summed E-state index contributed by atoms with van der Waals surface area (Å²) in [5.74, 6) is 1.26. The first kappa shape index (κ1) is 13.8. The van der Waals surface area contributed by atoms with Gasteiger partial charge in [0.05, 0.1) is 5.39 Å². The van der Waals surface area contributed by atoms with Gasteiger partial charge in [-0.3, -0.25) is 0 Å². The van der Waals surface area contributed by atoms with Crippen molar-refractivity contribution in [3.05, 3.63) is 53.1 Å². The second kappa shape index (κ2) is 5.14. The predicted molar refractivity (Wildman–Crippen MR) is 86.4 cm³/mol. The summed E-state index contributed by atoms with van der Waals surface area (Å²) >= 11 is 5.88. The lowest BCUT2D eigenvalue weighted by atomic mass is 10.1. The first-order valence-electron chi connectivity index (χ1n) is 6.94. The first-order valence-corrected chi connectivity index (χ1v) is 7.32. The van der Waals surface area contributed by atoms with Crippen LogP contribution in [0.1, 0.15) is 5.56 Å². The van der Waals surface area contributed by atoms with E-state index in [1.54, 1.807) is 42.5 Å². The lowest BCUT2D eigenvalue weighted by Crippen LogP contribution is -1.78. The van der Waals surface area contributed by atoms with Crippen molar-refractivity contribution >= 4 is 22.6 Å². The van der Waals surface area contributed by atoms with Gasteiger partial charge in [0, 0.05) is 16.1 Å². The van der Waals surface area contributed by atoms with E-state index < -0.39 is 0 Å². The first-order chi connectivity index (χ1) is 11.1. The molecule has 0 bridgehead atoms. The topological polar surface area (TPSA) is 72.3 Å². The number of nitrogens with zero attached hydrogens (tertiary/aromatic N) is 2. The van der Waals surface area contributed by atoms with Crippen molar-refractivity contribution in [3.8, 4) is 28.9 Å². The fourth-order valence-corrected chi connectivity index (χ4v) is 2.64. The van der Waals surface area contributed by atoms with Crippen molar-refractivity contribution in [2.45, 2.75) is 6.92 Å². The molecule has 0 atom stereocenters. The average Bonchev–Trinajstić information content (AvgIpc) is 3.14. The van der Waals surface area contributed by atoms with Crippen LogP contribution in [0.25, 0.3) is 34.1 Å². The molecule has 114 valence electrons. The molecule has 2 heterocycles. The van der Waals surface area contributed by atoms with E-state index in [0.717, 1.165) is 11.1 Å². The van der Waals surface area contributed by atoms with Crippen molar-refractivity contribution in [3.63, 3.8) is 0 Å². The van der Waals surface area contributed by atoms with E-state index in [-0.39, 0.29) is 11.6 Å². The summed E-state index contributed by atoms with van der Waals surface area (Å²) in [6.07, 6.45) is 0. The molecule has 6 heteroatoms. The maximum Gasteiger partial charge on any atom is 0.284 e. The SMILES string of the molecule is Cc1c(-c2nnc(-c3ccc(Cl)cc3)o2)oc2cccc(O)c12. The highest BCUT2D eigenvalue weighted by atomic mass is 35.5. The molecule has 0 spiro atoms. The van der Waals surface area contributed by atoms with Gasteiger partial charge in [-0.05, 0) is 43.3 Å². The number of aromatic hydroxyl groups is 1. The highest BCUT2D eigenvalue weighted by Crippen LogP contribution is 2.37. The normalized spacial score (nSPS) is 11.2. The second-order valence-corrected chi connectivity index (χ2v) is 5.56. The van der Waals surface area contributed by atoms with Crippen LogP contribution in [-0.2, 0) is 0 Å². The van der Waals surface area contributed by atoms with Crippen LogP contribution >= 0.6 is 11.6 Å². The molecule has 0 aliphatic heterocycles. The quantitative estimate of drug-likeness (QED) is 0.572. The van der Waals surface area contributed by atoms with Crippen LogP contribution in [0.3, 0.4) is 0 Å². The molecule has 5 nitrogen and oxygen atoms in total. The highest BCUT2D eigenvalue weighted by molar-refractivity contribution is 6.30. The van der Waals surface area contributed by atoms with Crippen LogP contribution in [0.15, 0.2) is 51.3 Å². The number of halogens is 1. The fourth-order valence-electron chi connectivity index (χ4n) is 2.51. The van der Waals surface area contributed by atoms with Crippen molar-refractivity contribution in [2.75, 3.05) is 0 Å². The number of furan rings is 1. The Morgan fingerprint density at radius 2 is 1.70 bits per heavy atom. The van der Waals surface area contributed by atoms with E-state index in [1.807, 2.05) is 6.92 Å². The molecule has 4 rings (SSSR count). The number of hydrogen-bond donors (Lipinski definition) is 1. The highest BCUT2D eigenvalue weighted by Gasteiger charge is 2.20. The molecule has 0 fully saturated rings. The molecule has 4 aromatic rings. The van der Waals surface area contributed by atoms with Gasteiger partial charge in [0.1, 0.15) is 11.3 Å². The third-order valence-electron chi connectivity index (χ3n) is 3.64. The van der Waals surface area contributed by atoms with Gasteiger partial charge in [-0.25, -0.2) is 0 Å². The van der Waals surface area contributed by atoms with Crippen LogP contribution in [0.4, 0.5) is 0 Å². The van der Waals surface area contributed by atoms with Crippen molar-refractivity contribution in [1.82, 2.24) is 10.2 Å². The summed E-state index contributed by atoms with van der Waals surface area (Å²) in [5, 5.41) is 19.4. The minimum absolute atomic E-state index is 0.160. The van der Waals surface area contributed by atoms with Gasteiger partial charge in [0.25, 0.3) is 5.89 Å². The number of fused-ring (bicyclic) bond motifs is 1. The third-order valence-corrected chi connectivity index (χ3v) is 3.89. The molecule has 0 saturated heterocycles. The Morgan fingerprint density at radius 3 is 2.43 bits per heavy atom. The van der Waals surface area contributed by atoms with Crippen LogP contribution in [-0.4, -0.2) is 15.3 Å². The molecule has 0 unspecified atom stereocenters. The van der Waals surface area contributed by atoms with Crippen molar-refractivity contribution in [2.24, 2.45) is 0 Å². The maximum atomic E-state index is 9.98. The Balaban J connectivity index is 1.82. The molecule has 0 saturated carbocycles. The minimum Gasteiger partial charge on any atom is -0.507 e. The van der Waals surface area contributed by atoms with E-state index in [9.17, 15) is 5.11 Å². The van der Waals surface area contributed by atoms with E-state index >= 15 is 0 Å². The number of aryl methyl sites for hydroxylation is 1. The lowest BCUT2D eigenvalue weighted by Gasteiger charge is -1.94. The van der Waals surface area contributed by atoms with Gasteiger partial charge in [0.15, 0.2) is 5.76 Å². The van der Waals surface area contributed by atoms with Crippen molar-refractivity contribution in [1.29, 1.82) is 0 Å². The zero-order valence-electron chi connectivity index (χ0n) is 12.1. The molecule has 2 aromatic carbocycles. The Bertz CT molecular complexity index is 1000. The fraction of sp³-hybridized carbons (Fsp3) is 0.0588. The van der Waals surface area contributed by atoms with Gasteiger partial charge in [0.2, 0.25) is 5.89 Å². The van der Waals surface area contributed by atoms with Gasteiger partial charge >= 0.3 is 0 Å². The van der Waals surface area contributed by atoms with Gasteiger partial charge in [-0.2, -0.15) is 0 Å². The van der Waals surface area contributed by atoms with Crippen molar-refractivity contribution < 1.29 is 13.9 Å². The van der Waals surface area contributed by atoms with Crippen LogP contribution < -0.4 is 0 Å². The zero-order chi connectivity index (χ0) is 16.0. The van der Waals surface area contributed by atoms with E-state index in [0.29, 0.717) is 27.6 Å². The molecule has 0 amide bonds. The van der Waals surface area contributed by atoms with E-state index in [2.05, 4.69) is 10.2 Å². The average molecular weight is 327 g/mol. The van der Waals surface area contributed by atoms with Crippen LogP contribution in [0, 0.1) is 6.92 Å². The summed E-state index contributed by atoms with van der Waals surface area (Å²) in [7, 11) is 0. The third kappa shape index (κ3) is 2.26. The standard InChI is InChI=1S/C17H11ClN2O3/c1-9-14-12(21)3-2-4-13(14)22-15(9)17-20-19-16(23-17)10-5-7-11(18)8-6-10/h2-8,21H,1H3. The largest absolute Gasteiger partial charge is 0.507 e. The molecule has 2 aromatic heterocycles. The number of benzene rings is 2. The number of rotatable bonds is 2. The molecular formula is C17H11ClN2O3. The smallest absolute Gasteiger partial charge is 0.284 e. The maximum absolute atomic E-state index is 9.98. The number of hydrogen-bond acceptors (Lipinski definition) is 5. The second-order valence-electron chi connectivity index (χ2n) is 5.13. The predicted octanol–water partition coefficient (Wildman–Crippen LogP) is 4.82. The van der Waals surface area contributed by atoms with E-state index in [1.165, 1.54) is 0 Å². The molecule has 1 N–H and O–H groups in total. The number of phenols is 1. The number of phenolic OH excluding ortho intramolecular Hbond substituents is 1.